The number of piperidine rings is 1. The number of aromatic hydroxyl groups is 1. The van der Waals surface area contributed by atoms with Gasteiger partial charge < -0.3 is 19.8 Å². The molecule has 0 radical (unpaired) electrons. The molecule has 0 saturated carbocycles. The van der Waals surface area contributed by atoms with Gasteiger partial charge in [0.2, 0.25) is 17.7 Å². The van der Waals surface area contributed by atoms with Crippen molar-refractivity contribution in [1.82, 2.24) is 14.7 Å². The van der Waals surface area contributed by atoms with Crippen molar-refractivity contribution in [3.8, 4) is 5.75 Å². The van der Waals surface area contributed by atoms with E-state index in [2.05, 4.69) is 0 Å². The van der Waals surface area contributed by atoms with Crippen LogP contribution in [0, 0.1) is 5.92 Å². The van der Waals surface area contributed by atoms with E-state index in [1.54, 1.807) is 48.2 Å². The van der Waals surface area contributed by atoms with Gasteiger partial charge in [-0.15, -0.1) is 0 Å². The number of phenolic OH excluding ortho intramolecular Hbond substituents is 1. The molecule has 0 spiro atoms. The molecule has 4 rings (SSSR count). The molecule has 3 saturated heterocycles. The van der Waals surface area contributed by atoms with Crippen LogP contribution in [0.25, 0.3) is 0 Å². The van der Waals surface area contributed by atoms with Crippen LogP contribution in [0.1, 0.15) is 18.4 Å². The number of hydrogen-bond acceptors (Lipinski definition) is 4. The Morgan fingerprint density at radius 1 is 1.19 bits per heavy atom. The lowest BCUT2D eigenvalue weighted by atomic mass is 9.94. The molecular weight excluding hydrogens is 334 g/mol. The SMILES string of the molecule is CN(C)C(=O)CN1C(=O)[C@@H]2CC[C@H]1CN(C(=O)Cc1ccccc1O)C2. The highest BCUT2D eigenvalue weighted by Crippen LogP contribution is 2.29. The van der Waals surface area contributed by atoms with Gasteiger partial charge in [0.05, 0.1) is 12.3 Å². The number of benzene rings is 1. The summed E-state index contributed by atoms with van der Waals surface area (Å²) in [7, 11) is 3.34. The Labute approximate surface area is 153 Å². The van der Waals surface area contributed by atoms with E-state index in [0.717, 1.165) is 12.8 Å². The lowest BCUT2D eigenvalue weighted by Gasteiger charge is -2.35. The number of likely N-dealkylation sites (N-methyl/N-ethyl adjacent to an activating group) is 1. The molecular formula is C19H25N3O4. The average molecular weight is 359 g/mol. The Hall–Kier alpha value is -2.57. The van der Waals surface area contributed by atoms with E-state index in [1.165, 1.54) is 4.90 Å². The minimum atomic E-state index is -0.253. The van der Waals surface area contributed by atoms with Crippen molar-refractivity contribution in [3.05, 3.63) is 29.8 Å². The molecule has 3 aliphatic heterocycles. The number of fused-ring (bicyclic) bond motifs is 4. The van der Waals surface area contributed by atoms with Gasteiger partial charge in [0, 0.05) is 38.8 Å². The molecule has 7 nitrogen and oxygen atoms in total. The Balaban J connectivity index is 1.72. The van der Waals surface area contributed by atoms with Crippen LogP contribution < -0.4 is 0 Å². The smallest absolute Gasteiger partial charge is 0.241 e. The molecule has 1 N–H and O–H groups in total. The number of carbonyl (C=O) groups excluding carboxylic acids is 3. The average Bonchev–Trinajstić information content (AvgIpc) is 2.89. The van der Waals surface area contributed by atoms with Crippen molar-refractivity contribution < 1.29 is 19.5 Å². The summed E-state index contributed by atoms with van der Waals surface area (Å²) in [5.41, 5.74) is 0.583. The van der Waals surface area contributed by atoms with E-state index in [0.29, 0.717) is 18.7 Å². The molecule has 0 unspecified atom stereocenters. The van der Waals surface area contributed by atoms with E-state index >= 15 is 0 Å². The van der Waals surface area contributed by atoms with Crippen molar-refractivity contribution in [2.75, 3.05) is 33.7 Å². The van der Waals surface area contributed by atoms with Crippen LogP contribution in [-0.4, -0.2) is 77.3 Å². The van der Waals surface area contributed by atoms with Gasteiger partial charge in [-0.1, -0.05) is 18.2 Å². The van der Waals surface area contributed by atoms with Crippen molar-refractivity contribution in [2.24, 2.45) is 5.92 Å². The van der Waals surface area contributed by atoms with Gasteiger partial charge >= 0.3 is 0 Å². The molecule has 3 heterocycles. The van der Waals surface area contributed by atoms with Crippen LogP contribution in [0.4, 0.5) is 0 Å². The van der Waals surface area contributed by atoms with E-state index in [9.17, 15) is 19.5 Å². The molecule has 3 fully saturated rings. The second-order valence-corrected chi connectivity index (χ2v) is 7.29. The first-order valence-corrected chi connectivity index (χ1v) is 8.92. The van der Waals surface area contributed by atoms with Crippen LogP contribution in [0.3, 0.4) is 0 Å². The van der Waals surface area contributed by atoms with Gasteiger partial charge in [-0.3, -0.25) is 14.4 Å². The predicted molar refractivity (Wildman–Crippen MR) is 95.3 cm³/mol. The van der Waals surface area contributed by atoms with Gasteiger partial charge in [0.15, 0.2) is 0 Å². The zero-order valence-electron chi connectivity index (χ0n) is 15.2. The first kappa shape index (κ1) is 18.2. The summed E-state index contributed by atoms with van der Waals surface area (Å²) < 4.78 is 0. The Bertz CT molecular complexity index is 718. The van der Waals surface area contributed by atoms with Crippen molar-refractivity contribution in [3.63, 3.8) is 0 Å². The van der Waals surface area contributed by atoms with Crippen LogP contribution in [0.2, 0.25) is 0 Å². The molecule has 1 aromatic carbocycles. The molecule has 3 aliphatic rings. The largest absolute Gasteiger partial charge is 0.508 e. The first-order chi connectivity index (χ1) is 12.4. The summed E-state index contributed by atoms with van der Waals surface area (Å²) in [6, 6.07) is 6.67. The maximum atomic E-state index is 12.7. The number of hydrogen-bond donors (Lipinski definition) is 1. The highest BCUT2D eigenvalue weighted by atomic mass is 16.3. The number of para-hydroxylation sites is 1. The summed E-state index contributed by atoms with van der Waals surface area (Å²) >= 11 is 0. The Morgan fingerprint density at radius 2 is 1.92 bits per heavy atom. The molecule has 2 atom stereocenters. The fourth-order valence-corrected chi connectivity index (χ4v) is 3.67. The third-order valence-electron chi connectivity index (χ3n) is 5.28. The predicted octanol–water partition coefficient (Wildman–Crippen LogP) is 0.472. The number of rotatable bonds is 4. The maximum Gasteiger partial charge on any atom is 0.241 e. The van der Waals surface area contributed by atoms with Crippen molar-refractivity contribution in [1.29, 1.82) is 0 Å². The Morgan fingerprint density at radius 3 is 2.62 bits per heavy atom. The number of phenols is 1. The minimum absolute atomic E-state index is 0.0330. The molecule has 1 aromatic rings. The van der Waals surface area contributed by atoms with Gasteiger partial charge in [-0.2, -0.15) is 0 Å². The van der Waals surface area contributed by atoms with E-state index in [4.69, 9.17) is 0 Å². The van der Waals surface area contributed by atoms with Crippen LogP contribution in [0.15, 0.2) is 24.3 Å². The summed E-state index contributed by atoms with van der Waals surface area (Å²) in [4.78, 5) is 42.4. The minimum Gasteiger partial charge on any atom is -0.508 e. The normalized spacial score (nSPS) is 22.3. The molecule has 3 amide bonds. The van der Waals surface area contributed by atoms with Gasteiger partial charge in [-0.25, -0.2) is 0 Å². The first-order valence-electron chi connectivity index (χ1n) is 8.92. The van der Waals surface area contributed by atoms with Crippen LogP contribution in [0.5, 0.6) is 5.75 Å². The third kappa shape index (κ3) is 3.66. The fourth-order valence-electron chi connectivity index (χ4n) is 3.67. The Kier molecular flexibility index (Phi) is 5.15. The highest BCUT2D eigenvalue weighted by Gasteiger charge is 2.42. The molecule has 26 heavy (non-hydrogen) atoms. The summed E-state index contributed by atoms with van der Waals surface area (Å²) in [5.74, 6) is -0.394. The van der Waals surface area contributed by atoms with Crippen molar-refractivity contribution in [2.45, 2.75) is 25.3 Å². The van der Waals surface area contributed by atoms with E-state index in [1.807, 2.05) is 0 Å². The highest BCUT2D eigenvalue weighted by molar-refractivity contribution is 5.88. The molecule has 2 bridgehead atoms. The number of amides is 3. The lowest BCUT2D eigenvalue weighted by molar-refractivity contribution is -0.145. The third-order valence-corrected chi connectivity index (χ3v) is 5.28. The lowest BCUT2D eigenvalue weighted by Crippen LogP contribution is -2.51. The second kappa shape index (κ2) is 7.35. The summed E-state index contributed by atoms with van der Waals surface area (Å²) in [6.07, 6.45) is 1.66. The van der Waals surface area contributed by atoms with Crippen molar-refractivity contribution >= 4 is 17.7 Å². The standard InChI is InChI=1S/C19H25N3O4/c1-20(2)18(25)12-22-15-8-7-14(19(22)26)10-21(11-15)17(24)9-13-5-3-4-6-16(13)23/h3-6,14-15,23H,7-12H2,1-2H3/t14-,15+/m1/s1. The monoisotopic (exact) mass is 359 g/mol. The maximum absolute atomic E-state index is 12.7. The molecule has 7 heteroatoms. The van der Waals surface area contributed by atoms with Crippen LogP contribution >= 0.6 is 0 Å². The van der Waals surface area contributed by atoms with Gasteiger partial charge in [0.1, 0.15) is 12.3 Å². The zero-order valence-corrected chi connectivity index (χ0v) is 15.2. The summed E-state index contributed by atoms with van der Waals surface area (Å²) in [6.45, 7) is 0.887. The number of carbonyl (C=O) groups is 3. The van der Waals surface area contributed by atoms with Gasteiger partial charge in [-0.05, 0) is 18.9 Å². The van der Waals surface area contributed by atoms with Gasteiger partial charge in [0.25, 0.3) is 0 Å². The van der Waals surface area contributed by atoms with Crippen LogP contribution in [-0.2, 0) is 20.8 Å². The molecule has 0 aromatic heterocycles. The topological polar surface area (TPSA) is 81.2 Å². The zero-order chi connectivity index (χ0) is 18.8. The second-order valence-electron chi connectivity index (χ2n) is 7.29. The summed E-state index contributed by atoms with van der Waals surface area (Å²) in [5, 5.41) is 9.89. The number of nitrogens with zero attached hydrogens (tertiary/aromatic N) is 3. The quantitative estimate of drug-likeness (QED) is 0.848. The van der Waals surface area contributed by atoms with E-state index < -0.39 is 0 Å². The molecule has 0 aliphatic carbocycles. The fraction of sp³-hybridized carbons (Fsp3) is 0.526. The van der Waals surface area contributed by atoms with E-state index in [-0.39, 0.29) is 48.4 Å². The molecule has 140 valence electrons.